The topological polar surface area (TPSA) is 63.8 Å². The molecular formula is C11H11F3N4OS. The fourth-order valence-electron chi connectivity index (χ4n) is 1.42. The second-order valence-electron chi connectivity index (χ2n) is 3.92. The Morgan fingerprint density at radius 3 is 2.60 bits per heavy atom. The van der Waals surface area contributed by atoms with Gasteiger partial charge in [-0.25, -0.2) is 0 Å². The van der Waals surface area contributed by atoms with Crippen LogP contribution >= 0.6 is 11.8 Å². The number of para-hydroxylation sites is 1. The van der Waals surface area contributed by atoms with Crippen molar-refractivity contribution in [2.75, 3.05) is 5.75 Å². The molecule has 2 rings (SSSR count). The molecule has 0 saturated heterocycles. The Hall–Kier alpha value is -1.61. The third kappa shape index (κ3) is 3.70. The van der Waals surface area contributed by atoms with Crippen molar-refractivity contribution in [2.24, 2.45) is 0 Å². The van der Waals surface area contributed by atoms with Gasteiger partial charge in [0.2, 0.25) is 0 Å². The Labute approximate surface area is 116 Å². The summed E-state index contributed by atoms with van der Waals surface area (Å²) >= 11 is 0.921. The van der Waals surface area contributed by atoms with Crippen LogP contribution < -0.4 is 0 Å². The lowest BCUT2D eigenvalue weighted by Gasteiger charge is -2.13. The van der Waals surface area contributed by atoms with Crippen LogP contribution in [0.5, 0.6) is 0 Å². The number of nitrogens with zero attached hydrogens (tertiary/aromatic N) is 4. The average Bonchev–Trinajstić information content (AvgIpc) is 2.87. The highest BCUT2D eigenvalue weighted by atomic mass is 32.2. The molecule has 2 aromatic rings. The van der Waals surface area contributed by atoms with Crippen molar-refractivity contribution < 1.29 is 18.3 Å². The lowest BCUT2D eigenvalue weighted by atomic mass is 10.3. The van der Waals surface area contributed by atoms with Crippen LogP contribution in [0.4, 0.5) is 13.2 Å². The van der Waals surface area contributed by atoms with E-state index in [0.29, 0.717) is 5.82 Å². The molecule has 1 unspecified atom stereocenters. The summed E-state index contributed by atoms with van der Waals surface area (Å²) in [6.45, 7) is 0. The Bertz CT molecular complexity index is 546. The van der Waals surface area contributed by atoms with E-state index in [1.54, 1.807) is 24.3 Å². The van der Waals surface area contributed by atoms with Gasteiger partial charge in [-0.1, -0.05) is 18.2 Å². The Kier molecular flexibility index (Phi) is 4.61. The molecule has 0 spiro atoms. The number of benzene rings is 1. The van der Waals surface area contributed by atoms with E-state index in [1.807, 2.05) is 6.07 Å². The van der Waals surface area contributed by atoms with Crippen LogP contribution in [-0.4, -0.2) is 43.3 Å². The first-order chi connectivity index (χ1) is 9.48. The van der Waals surface area contributed by atoms with Crippen molar-refractivity contribution in [3.63, 3.8) is 0 Å². The third-order valence-corrected chi connectivity index (χ3v) is 3.43. The van der Waals surface area contributed by atoms with Gasteiger partial charge in [-0.3, -0.25) is 0 Å². The molecule has 1 aromatic heterocycles. The minimum atomic E-state index is -4.60. The van der Waals surface area contributed by atoms with Gasteiger partial charge in [0.15, 0.2) is 11.9 Å². The van der Waals surface area contributed by atoms with E-state index in [9.17, 15) is 13.2 Å². The molecule has 0 amide bonds. The number of aliphatic hydroxyl groups is 1. The maximum absolute atomic E-state index is 12.2. The van der Waals surface area contributed by atoms with Gasteiger partial charge < -0.3 is 5.11 Å². The Morgan fingerprint density at radius 1 is 1.25 bits per heavy atom. The van der Waals surface area contributed by atoms with E-state index in [-0.39, 0.29) is 5.75 Å². The number of hydrogen-bond acceptors (Lipinski definition) is 5. The van der Waals surface area contributed by atoms with E-state index in [4.69, 9.17) is 5.11 Å². The van der Waals surface area contributed by atoms with Crippen molar-refractivity contribution >= 4 is 11.8 Å². The first kappa shape index (κ1) is 14.8. The molecule has 5 nitrogen and oxygen atoms in total. The molecule has 1 aromatic carbocycles. The molecule has 0 radical (unpaired) electrons. The van der Waals surface area contributed by atoms with Crippen LogP contribution in [0.15, 0.2) is 30.3 Å². The first-order valence-corrected chi connectivity index (χ1v) is 6.79. The summed E-state index contributed by atoms with van der Waals surface area (Å²) < 4.78 is 37.9. The van der Waals surface area contributed by atoms with Crippen molar-refractivity contribution in [1.29, 1.82) is 0 Å². The Morgan fingerprint density at radius 2 is 1.95 bits per heavy atom. The van der Waals surface area contributed by atoms with Crippen LogP contribution in [0.2, 0.25) is 0 Å². The minimum Gasteiger partial charge on any atom is -0.383 e. The summed E-state index contributed by atoms with van der Waals surface area (Å²) in [4.78, 5) is 0. The normalized spacial score (nSPS) is 13.4. The molecule has 108 valence electrons. The number of halogens is 3. The quantitative estimate of drug-likeness (QED) is 0.913. The summed E-state index contributed by atoms with van der Waals surface area (Å²) in [5, 5.41) is 20.0. The van der Waals surface area contributed by atoms with Gasteiger partial charge in [-0.2, -0.15) is 29.6 Å². The molecule has 20 heavy (non-hydrogen) atoms. The minimum absolute atomic E-state index is 0.176. The molecule has 9 heteroatoms. The summed E-state index contributed by atoms with van der Waals surface area (Å²) in [6, 6.07) is 9.02. The number of thioether (sulfide) groups is 1. The molecule has 0 saturated carbocycles. The van der Waals surface area contributed by atoms with Gasteiger partial charge in [-0.05, 0) is 22.6 Å². The molecule has 0 aliphatic heterocycles. The number of tetrazole rings is 1. The van der Waals surface area contributed by atoms with Gasteiger partial charge in [-0.15, -0.1) is 5.10 Å². The van der Waals surface area contributed by atoms with Gasteiger partial charge >= 0.3 is 6.18 Å². The number of rotatable bonds is 5. The fourth-order valence-corrected chi connectivity index (χ4v) is 2.31. The van der Waals surface area contributed by atoms with Crippen molar-refractivity contribution in [3.05, 3.63) is 36.2 Å². The van der Waals surface area contributed by atoms with Gasteiger partial charge in [0.1, 0.15) is 0 Å². The summed E-state index contributed by atoms with van der Waals surface area (Å²) in [6.07, 6.45) is -6.94. The van der Waals surface area contributed by atoms with Crippen LogP contribution in [0.1, 0.15) is 5.82 Å². The maximum atomic E-state index is 12.2. The van der Waals surface area contributed by atoms with E-state index < -0.39 is 18.0 Å². The van der Waals surface area contributed by atoms with Crippen LogP contribution in [0, 0.1) is 0 Å². The number of hydrogen-bond donors (Lipinski definition) is 1. The van der Waals surface area contributed by atoms with Crippen LogP contribution in [0.25, 0.3) is 5.69 Å². The number of alkyl halides is 3. The van der Waals surface area contributed by atoms with Crippen LogP contribution in [-0.2, 0) is 5.75 Å². The fraction of sp³-hybridized carbons (Fsp3) is 0.364. The third-order valence-electron chi connectivity index (χ3n) is 2.42. The molecule has 0 fully saturated rings. The zero-order valence-corrected chi connectivity index (χ0v) is 11.0. The van der Waals surface area contributed by atoms with Crippen molar-refractivity contribution in [1.82, 2.24) is 20.2 Å². The summed E-state index contributed by atoms with van der Waals surface area (Å²) in [7, 11) is 0. The second-order valence-corrected chi connectivity index (χ2v) is 4.95. The average molecular weight is 304 g/mol. The molecule has 0 bridgehead atoms. The largest absolute Gasteiger partial charge is 0.415 e. The molecule has 1 atom stereocenters. The number of aliphatic hydroxyl groups excluding tert-OH is 1. The van der Waals surface area contributed by atoms with Gasteiger partial charge in [0.25, 0.3) is 0 Å². The highest BCUT2D eigenvalue weighted by Gasteiger charge is 2.37. The maximum Gasteiger partial charge on any atom is 0.415 e. The predicted octanol–water partition coefficient (Wildman–Crippen LogP) is 1.82. The highest BCUT2D eigenvalue weighted by molar-refractivity contribution is 7.98. The summed E-state index contributed by atoms with van der Waals surface area (Å²) in [5.41, 5.74) is 0.726. The zero-order chi connectivity index (χ0) is 14.6. The standard InChI is InChI=1S/C11H11F3N4OS/c12-11(13,14)9(19)6-20-7-10-15-16-17-18(10)8-4-2-1-3-5-8/h1-5,9,19H,6-7H2. The van der Waals surface area contributed by atoms with Crippen molar-refractivity contribution in [3.8, 4) is 5.69 Å². The Balaban J connectivity index is 1.97. The van der Waals surface area contributed by atoms with E-state index in [1.165, 1.54) is 4.68 Å². The number of aromatic nitrogens is 4. The zero-order valence-electron chi connectivity index (χ0n) is 10.2. The van der Waals surface area contributed by atoms with E-state index >= 15 is 0 Å². The van der Waals surface area contributed by atoms with Crippen molar-refractivity contribution in [2.45, 2.75) is 18.0 Å². The second kappa shape index (κ2) is 6.23. The lowest BCUT2D eigenvalue weighted by Crippen LogP contribution is -2.30. The predicted molar refractivity (Wildman–Crippen MR) is 67.4 cm³/mol. The van der Waals surface area contributed by atoms with Gasteiger partial charge in [0.05, 0.1) is 11.4 Å². The molecule has 1 N–H and O–H groups in total. The first-order valence-electron chi connectivity index (χ1n) is 5.63. The summed E-state index contributed by atoms with van der Waals surface area (Å²) in [5.74, 6) is 0.149. The van der Waals surface area contributed by atoms with Gasteiger partial charge in [0, 0.05) is 5.75 Å². The highest BCUT2D eigenvalue weighted by Crippen LogP contribution is 2.24. The molecule has 0 aliphatic rings. The van der Waals surface area contributed by atoms with Crippen LogP contribution in [0.3, 0.4) is 0 Å². The smallest absolute Gasteiger partial charge is 0.383 e. The molecule has 0 aliphatic carbocycles. The lowest BCUT2D eigenvalue weighted by molar-refractivity contribution is -0.195. The molecular weight excluding hydrogens is 293 g/mol. The SMILES string of the molecule is OC(CSCc1nnnn1-c1ccccc1)C(F)(F)F. The monoisotopic (exact) mass is 304 g/mol. The molecule has 1 heterocycles. The van der Waals surface area contributed by atoms with E-state index in [0.717, 1.165) is 17.4 Å². The van der Waals surface area contributed by atoms with E-state index in [2.05, 4.69) is 15.5 Å².